The maximum absolute atomic E-state index is 12.4. The van der Waals surface area contributed by atoms with Gasteiger partial charge in [0, 0.05) is 31.0 Å². The summed E-state index contributed by atoms with van der Waals surface area (Å²) in [6, 6.07) is 5.34. The number of hydrogen-bond acceptors (Lipinski definition) is 6. The Morgan fingerprint density at radius 1 is 1.25 bits per heavy atom. The van der Waals surface area contributed by atoms with Crippen LogP contribution in [0.2, 0.25) is 0 Å². The van der Waals surface area contributed by atoms with Crippen LogP contribution in [0.25, 0.3) is 11.4 Å². The zero-order chi connectivity index (χ0) is 16.5. The predicted octanol–water partition coefficient (Wildman–Crippen LogP) is 2.60. The molecule has 0 saturated carbocycles. The molecule has 1 aliphatic heterocycles. The molecule has 0 spiro atoms. The molecule has 1 fully saturated rings. The van der Waals surface area contributed by atoms with Crippen molar-refractivity contribution in [3.05, 3.63) is 54.6 Å². The van der Waals surface area contributed by atoms with E-state index in [1.165, 1.54) is 12.5 Å². The molecule has 4 rings (SSSR count). The number of rotatable bonds is 3. The van der Waals surface area contributed by atoms with Crippen LogP contribution in [0, 0.1) is 5.92 Å². The summed E-state index contributed by atoms with van der Waals surface area (Å²) >= 11 is 0. The van der Waals surface area contributed by atoms with Crippen molar-refractivity contribution in [3.63, 3.8) is 0 Å². The van der Waals surface area contributed by atoms with Crippen LogP contribution in [0.5, 0.6) is 0 Å². The highest BCUT2D eigenvalue weighted by Gasteiger charge is 2.37. The molecule has 3 aromatic heterocycles. The van der Waals surface area contributed by atoms with Crippen LogP contribution in [0.1, 0.15) is 29.1 Å². The van der Waals surface area contributed by atoms with Crippen LogP contribution < -0.4 is 0 Å². The van der Waals surface area contributed by atoms with Crippen molar-refractivity contribution in [1.29, 1.82) is 0 Å². The summed E-state index contributed by atoms with van der Waals surface area (Å²) in [5.74, 6) is 1.35. The molecule has 0 N–H and O–H groups in total. The predicted molar refractivity (Wildman–Crippen MR) is 84.0 cm³/mol. The van der Waals surface area contributed by atoms with Gasteiger partial charge >= 0.3 is 0 Å². The van der Waals surface area contributed by atoms with E-state index in [4.69, 9.17) is 8.94 Å². The average molecular weight is 324 g/mol. The second-order valence-electron chi connectivity index (χ2n) is 6.00. The van der Waals surface area contributed by atoms with Crippen LogP contribution in [0.4, 0.5) is 0 Å². The topological polar surface area (TPSA) is 85.3 Å². The molecule has 1 amide bonds. The van der Waals surface area contributed by atoms with Gasteiger partial charge in [-0.25, -0.2) is 0 Å². The zero-order valence-corrected chi connectivity index (χ0v) is 13.1. The molecular weight excluding hydrogens is 308 g/mol. The van der Waals surface area contributed by atoms with Crippen molar-refractivity contribution in [1.82, 2.24) is 20.0 Å². The van der Waals surface area contributed by atoms with E-state index < -0.39 is 0 Å². The second kappa shape index (κ2) is 5.92. The molecule has 3 aromatic rings. The molecule has 7 heteroatoms. The van der Waals surface area contributed by atoms with Crippen LogP contribution >= 0.6 is 0 Å². The number of aromatic nitrogens is 3. The van der Waals surface area contributed by atoms with E-state index in [2.05, 4.69) is 22.0 Å². The minimum Gasteiger partial charge on any atom is -0.472 e. The standard InChI is InChI=1S/C17H16N4O3/c1-11-8-21(17(22)13-4-7-23-10-13)9-14(11)16-19-15(20-24-16)12-2-5-18-6-3-12/h2-7,10-11,14H,8-9H2,1H3/t11-,14-/m1/s1. The van der Waals surface area contributed by atoms with Crippen molar-refractivity contribution in [3.8, 4) is 11.4 Å². The molecule has 4 heterocycles. The van der Waals surface area contributed by atoms with Crippen molar-refractivity contribution in [2.45, 2.75) is 12.8 Å². The van der Waals surface area contributed by atoms with Gasteiger partial charge in [0.15, 0.2) is 0 Å². The summed E-state index contributed by atoms with van der Waals surface area (Å²) in [6.07, 6.45) is 6.35. The molecule has 0 radical (unpaired) electrons. The van der Waals surface area contributed by atoms with E-state index in [1.54, 1.807) is 23.4 Å². The number of nitrogens with zero attached hydrogens (tertiary/aromatic N) is 4. The van der Waals surface area contributed by atoms with Gasteiger partial charge < -0.3 is 13.8 Å². The summed E-state index contributed by atoms with van der Waals surface area (Å²) in [7, 11) is 0. The Hall–Kier alpha value is -2.96. The summed E-state index contributed by atoms with van der Waals surface area (Å²) in [5.41, 5.74) is 1.42. The number of carbonyl (C=O) groups excluding carboxylic acids is 1. The highest BCUT2D eigenvalue weighted by atomic mass is 16.5. The average Bonchev–Trinajstić information content (AvgIpc) is 3.35. The molecule has 0 aromatic carbocycles. The Labute approximate surface area is 138 Å². The lowest BCUT2D eigenvalue weighted by atomic mass is 9.98. The maximum Gasteiger partial charge on any atom is 0.257 e. The minimum absolute atomic E-state index is 0.0314. The van der Waals surface area contributed by atoms with Gasteiger partial charge in [-0.2, -0.15) is 4.98 Å². The molecule has 1 aliphatic rings. The van der Waals surface area contributed by atoms with Gasteiger partial charge in [-0.15, -0.1) is 0 Å². The Kier molecular flexibility index (Phi) is 3.60. The molecule has 7 nitrogen and oxygen atoms in total. The van der Waals surface area contributed by atoms with E-state index in [9.17, 15) is 4.79 Å². The van der Waals surface area contributed by atoms with E-state index in [0.29, 0.717) is 30.4 Å². The van der Waals surface area contributed by atoms with Gasteiger partial charge in [0.25, 0.3) is 5.91 Å². The van der Waals surface area contributed by atoms with E-state index in [-0.39, 0.29) is 17.7 Å². The Morgan fingerprint density at radius 2 is 2.08 bits per heavy atom. The molecular formula is C17H16N4O3. The number of furan rings is 1. The lowest BCUT2D eigenvalue weighted by Gasteiger charge is -2.14. The number of pyridine rings is 1. The van der Waals surface area contributed by atoms with Gasteiger partial charge in [-0.3, -0.25) is 9.78 Å². The van der Waals surface area contributed by atoms with Crippen molar-refractivity contribution < 1.29 is 13.7 Å². The van der Waals surface area contributed by atoms with Gasteiger partial charge in [-0.05, 0) is 24.1 Å². The first-order chi connectivity index (χ1) is 11.7. The fourth-order valence-corrected chi connectivity index (χ4v) is 3.03. The molecule has 24 heavy (non-hydrogen) atoms. The van der Waals surface area contributed by atoms with E-state index in [1.807, 2.05) is 12.1 Å². The van der Waals surface area contributed by atoms with Gasteiger partial charge in [0.1, 0.15) is 6.26 Å². The van der Waals surface area contributed by atoms with Gasteiger partial charge in [0.05, 0.1) is 17.7 Å². The molecule has 1 saturated heterocycles. The van der Waals surface area contributed by atoms with Crippen LogP contribution in [-0.4, -0.2) is 39.0 Å². The highest BCUT2D eigenvalue weighted by Crippen LogP contribution is 2.33. The summed E-state index contributed by atoms with van der Waals surface area (Å²) in [5, 5.41) is 4.05. The van der Waals surface area contributed by atoms with Gasteiger partial charge in [-0.1, -0.05) is 12.1 Å². The van der Waals surface area contributed by atoms with Crippen molar-refractivity contribution in [2.24, 2.45) is 5.92 Å². The largest absolute Gasteiger partial charge is 0.472 e. The van der Waals surface area contributed by atoms with Gasteiger partial charge in [0.2, 0.25) is 11.7 Å². The number of amides is 1. The second-order valence-corrected chi connectivity index (χ2v) is 6.00. The van der Waals surface area contributed by atoms with Crippen LogP contribution in [0.3, 0.4) is 0 Å². The lowest BCUT2D eigenvalue weighted by Crippen LogP contribution is -2.28. The third-order valence-electron chi connectivity index (χ3n) is 4.37. The molecule has 122 valence electrons. The fraction of sp³-hybridized carbons (Fsp3) is 0.294. The zero-order valence-electron chi connectivity index (χ0n) is 13.1. The van der Waals surface area contributed by atoms with Crippen LogP contribution in [-0.2, 0) is 0 Å². The Bertz CT molecular complexity index is 829. The summed E-state index contributed by atoms with van der Waals surface area (Å²) in [4.78, 5) is 22.7. The maximum atomic E-state index is 12.4. The van der Waals surface area contributed by atoms with Crippen molar-refractivity contribution in [2.75, 3.05) is 13.1 Å². The Morgan fingerprint density at radius 3 is 2.83 bits per heavy atom. The van der Waals surface area contributed by atoms with E-state index in [0.717, 1.165) is 5.56 Å². The molecule has 0 unspecified atom stereocenters. The first kappa shape index (κ1) is 14.6. The van der Waals surface area contributed by atoms with Crippen LogP contribution in [0.15, 0.2) is 52.1 Å². The normalized spacial score (nSPS) is 20.5. The number of carbonyl (C=O) groups is 1. The monoisotopic (exact) mass is 324 g/mol. The third kappa shape index (κ3) is 2.58. The third-order valence-corrected chi connectivity index (χ3v) is 4.37. The Balaban J connectivity index is 1.53. The molecule has 0 aliphatic carbocycles. The minimum atomic E-state index is -0.0352. The quantitative estimate of drug-likeness (QED) is 0.736. The van der Waals surface area contributed by atoms with E-state index >= 15 is 0 Å². The lowest BCUT2D eigenvalue weighted by molar-refractivity contribution is 0.0785. The number of likely N-dealkylation sites (tertiary alicyclic amines) is 1. The van der Waals surface area contributed by atoms with Crippen molar-refractivity contribution >= 4 is 5.91 Å². The molecule has 2 atom stereocenters. The fourth-order valence-electron chi connectivity index (χ4n) is 3.03. The molecule has 0 bridgehead atoms. The highest BCUT2D eigenvalue weighted by molar-refractivity contribution is 5.94. The summed E-state index contributed by atoms with van der Waals surface area (Å²) < 4.78 is 10.4. The smallest absolute Gasteiger partial charge is 0.257 e. The SMILES string of the molecule is C[C@@H]1CN(C(=O)c2ccoc2)C[C@H]1c1nc(-c2ccncc2)no1. The first-order valence-electron chi connectivity index (χ1n) is 7.78. The first-order valence-corrected chi connectivity index (χ1v) is 7.78. The number of hydrogen-bond donors (Lipinski definition) is 0. The summed E-state index contributed by atoms with van der Waals surface area (Å²) in [6.45, 7) is 3.30.